The third-order valence-corrected chi connectivity index (χ3v) is 4.28. The van der Waals surface area contributed by atoms with Crippen LogP contribution >= 0.6 is 15.9 Å². The zero-order valence-electron chi connectivity index (χ0n) is 11.2. The number of likely N-dealkylation sites (N-methyl/N-ethyl adjacent to an activating group) is 1. The van der Waals surface area contributed by atoms with Gasteiger partial charge >= 0.3 is 0 Å². The van der Waals surface area contributed by atoms with Crippen molar-refractivity contribution >= 4 is 15.9 Å². The number of hydrazine groups is 1. The van der Waals surface area contributed by atoms with E-state index in [4.69, 9.17) is 5.84 Å². The second-order valence-electron chi connectivity index (χ2n) is 5.43. The molecule has 18 heavy (non-hydrogen) atoms. The van der Waals surface area contributed by atoms with Gasteiger partial charge in [0, 0.05) is 6.54 Å². The lowest BCUT2D eigenvalue weighted by Gasteiger charge is -2.19. The zero-order valence-corrected chi connectivity index (χ0v) is 12.8. The van der Waals surface area contributed by atoms with Crippen LogP contribution in [0.2, 0.25) is 0 Å². The van der Waals surface area contributed by atoms with Gasteiger partial charge in [0.25, 0.3) is 0 Å². The van der Waals surface area contributed by atoms with Gasteiger partial charge in [-0.2, -0.15) is 5.10 Å². The molecule has 0 bridgehead atoms. The lowest BCUT2D eigenvalue weighted by Crippen LogP contribution is -2.33. The Kier molecular flexibility index (Phi) is 4.42. The lowest BCUT2D eigenvalue weighted by atomic mass is 10.1. The first kappa shape index (κ1) is 14.0. The van der Waals surface area contributed by atoms with Crippen molar-refractivity contribution in [2.75, 3.05) is 20.6 Å². The van der Waals surface area contributed by atoms with Crippen molar-refractivity contribution in [3.8, 4) is 0 Å². The predicted octanol–water partition coefficient (Wildman–Crippen LogP) is 1.37. The Morgan fingerprint density at radius 2 is 2.33 bits per heavy atom. The molecular weight excluding hydrogens is 294 g/mol. The molecular formula is C12H22BrN5. The number of rotatable bonds is 6. The maximum Gasteiger partial charge on any atom is 0.0712 e. The SMILES string of the molecule is CC1CC1C(NN)c1c(Br)cnn1CCN(C)C. The summed E-state index contributed by atoms with van der Waals surface area (Å²) in [6, 6.07) is 0.194. The fourth-order valence-corrected chi connectivity index (χ4v) is 2.92. The summed E-state index contributed by atoms with van der Waals surface area (Å²) in [4.78, 5) is 2.16. The summed E-state index contributed by atoms with van der Waals surface area (Å²) in [6.07, 6.45) is 3.10. The van der Waals surface area contributed by atoms with E-state index in [1.54, 1.807) is 0 Å². The van der Waals surface area contributed by atoms with Gasteiger partial charge in [-0.1, -0.05) is 6.92 Å². The standard InChI is InChI=1S/C12H22BrN5/c1-8-6-9(8)11(16-14)12-10(13)7-15-18(12)5-4-17(2)3/h7-9,11,16H,4-6,14H2,1-3H3. The number of nitrogens with two attached hydrogens (primary N) is 1. The van der Waals surface area contributed by atoms with Gasteiger partial charge in [-0.15, -0.1) is 0 Å². The van der Waals surface area contributed by atoms with E-state index in [0.29, 0.717) is 5.92 Å². The highest BCUT2D eigenvalue weighted by atomic mass is 79.9. The minimum atomic E-state index is 0.194. The third-order valence-electron chi connectivity index (χ3n) is 3.67. The molecule has 3 unspecified atom stereocenters. The van der Waals surface area contributed by atoms with E-state index in [9.17, 15) is 0 Å². The molecule has 3 N–H and O–H groups in total. The predicted molar refractivity (Wildman–Crippen MR) is 75.8 cm³/mol. The summed E-state index contributed by atoms with van der Waals surface area (Å²) in [5, 5.41) is 4.44. The van der Waals surface area contributed by atoms with Crippen LogP contribution in [0.15, 0.2) is 10.7 Å². The Balaban J connectivity index is 2.16. The first-order chi connectivity index (χ1) is 8.54. The second kappa shape index (κ2) is 5.69. The van der Waals surface area contributed by atoms with Gasteiger partial charge in [0.15, 0.2) is 0 Å². The van der Waals surface area contributed by atoms with E-state index < -0.39 is 0 Å². The molecule has 102 valence electrons. The molecule has 1 aliphatic rings. The Bertz CT molecular complexity index is 403. The summed E-state index contributed by atoms with van der Waals surface area (Å²) in [5.41, 5.74) is 4.14. The number of aromatic nitrogens is 2. The maximum atomic E-state index is 5.74. The molecule has 1 fully saturated rings. The molecule has 3 atom stereocenters. The van der Waals surface area contributed by atoms with Crippen molar-refractivity contribution < 1.29 is 0 Å². The first-order valence-electron chi connectivity index (χ1n) is 6.36. The third kappa shape index (κ3) is 2.93. The first-order valence-corrected chi connectivity index (χ1v) is 7.16. The van der Waals surface area contributed by atoms with Crippen molar-refractivity contribution in [2.45, 2.75) is 25.9 Å². The second-order valence-corrected chi connectivity index (χ2v) is 6.28. The van der Waals surface area contributed by atoms with Crippen LogP contribution in [0.25, 0.3) is 0 Å². The largest absolute Gasteiger partial charge is 0.308 e. The van der Waals surface area contributed by atoms with Gasteiger partial charge < -0.3 is 4.90 Å². The van der Waals surface area contributed by atoms with Crippen LogP contribution in [-0.4, -0.2) is 35.3 Å². The summed E-state index contributed by atoms with van der Waals surface area (Å²) < 4.78 is 3.10. The van der Waals surface area contributed by atoms with E-state index in [1.807, 2.05) is 6.20 Å². The summed E-state index contributed by atoms with van der Waals surface area (Å²) in [6.45, 7) is 4.12. The molecule has 1 heterocycles. The molecule has 0 amide bonds. The minimum absolute atomic E-state index is 0.194. The quantitative estimate of drug-likeness (QED) is 0.615. The smallest absolute Gasteiger partial charge is 0.0712 e. The monoisotopic (exact) mass is 315 g/mol. The normalized spacial score (nSPS) is 24.6. The average molecular weight is 316 g/mol. The van der Waals surface area contributed by atoms with Crippen molar-refractivity contribution in [1.29, 1.82) is 0 Å². The van der Waals surface area contributed by atoms with Gasteiger partial charge in [-0.05, 0) is 48.3 Å². The lowest BCUT2D eigenvalue weighted by molar-refractivity contribution is 0.355. The number of nitrogens with one attached hydrogen (secondary N) is 1. The van der Waals surface area contributed by atoms with Gasteiger partial charge in [-0.25, -0.2) is 0 Å². The number of hydrogen-bond acceptors (Lipinski definition) is 4. The molecule has 2 rings (SSSR count). The van der Waals surface area contributed by atoms with Gasteiger partial charge in [0.05, 0.1) is 29.0 Å². The van der Waals surface area contributed by atoms with E-state index >= 15 is 0 Å². The summed E-state index contributed by atoms with van der Waals surface area (Å²) >= 11 is 3.59. The van der Waals surface area contributed by atoms with Crippen LogP contribution < -0.4 is 11.3 Å². The van der Waals surface area contributed by atoms with E-state index in [0.717, 1.165) is 23.5 Å². The molecule has 1 saturated carbocycles. The van der Waals surface area contributed by atoms with Crippen molar-refractivity contribution in [1.82, 2.24) is 20.1 Å². The van der Waals surface area contributed by atoms with E-state index in [1.165, 1.54) is 12.1 Å². The van der Waals surface area contributed by atoms with Crippen LogP contribution in [0.5, 0.6) is 0 Å². The Morgan fingerprint density at radius 3 is 2.83 bits per heavy atom. The van der Waals surface area contributed by atoms with Crippen molar-refractivity contribution in [2.24, 2.45) is 17.7 Å². The highest BCUT2D eigenvalue weighted by molar-refractivity contribution is 9.10. The molecule has 1 aliphatic carbocycles. The average Bonchev–Trinajstić information content (AvgIpc) is 2.91. The number of hydrogen-bond donors (Lipinski definition) is 2. The molecule has 1 aromatic heterocycles. The van der Waals surface area contributed by atoms with Crippen LogP contribution in [0.4, 0.5) is 0 Å². The highest BCUT2D eigenvalue weighted by Crippen LogP contribution is 2.47. The van der Waals surface area contributed by atoms with Crippen LogP contribution in [0, 0.1) is 11.8 Å². The number of nitrogens with zero attached hydrogens (tertiary/aromatic N) is 3. The maximum absolute atomic E-state index is 5.74. The van der Waals surface area contributed by atoms with Crippen LogP contribution in [0.1, 0.15) is 25.1 Å². The molecule has 5 nitrogen and oxygen atoms in total. The zero-order chi connectivity index (χ0) is 13.3. The topological polar surface area (TPSA) is 59.1 Å². The highest BCUT2D eigenvalue weighted by Gasteiger charge is 2.41. The molecule has 0 spiro atoms. The number of halogens is 1. The fraction of sp³-hybridized carbons (Fsp3) is 0.750. The molecule has 0 aromatic carbocycles. The van der Waals surface area contributed by atoms with E-state index in [-0.39, 0.29) is 6.04 Å². The van der Waals surface area contributed by atoms with Crippen LogP contribution in [0.3, 0.4) is 0 Å². The van der Waals surface area contributed by atoms with Crippen molar-refractivity contribution in [3.05, 3.63) is 16.4 Å². The summed E-state index contributed by atoms with van der Waals surface area (Å²) in [5.74, 6) is 7.11. The van der Waals surface area contributed by atoms with Gasteiger partial charge in [0.1, 0.15) is 0 Å². The van der Waals surface area contributed by atoms with E-state index in [2.05, 4.69) is 57.1 Å². The molecule has 0 saturated heterocycles. The molecule has 0 aliphatic heterocycles. The van der Waals surface area contributed by atoms with Crippen LogP contribution in [-0.2, 0) is 6.54 Å². The molecule has 1 aromatic rings. The van der Waals surface area contributed by atoms with Gasteiger partial charge in [-0.3, -0.25) is 16.0 Å². The Morgan fingerprint density at radius 1 is 1.67 bits per heavy atom. The molecule has 0 radical (unpaired) electrons. The Labute approximate surface area is 117 Å². The fourth-order valence-electron chi connectivity index (χ4n) is 2.37. The Hall–Kier alpha value is -0.430. The molecule has 6 heteroatoms. The summed E-state index contributed by atoms with van der Waals surface area (Å²) in [7, 11) is 4.14. The van der Waals surface area contributed by atoms with Gasteiger partial charge in [0.2, 0.25) is 0 Å². The minimum Gasteiger partial charge on any atom is -0.308 e. The van der Waals surface area contributed by atoms with Crippen molar-refractivity contribution in [3.63, 3.8) is 0 Å².